The van der Waals surface area contributed by atoms with Crippen molar-refractivity contribution in [3.8, 4) is 0 Å². The Bertz CT molecular complexity index is 407. The van der Waals surface area contributed by atoms with E-state index >= 15 is 0 Å². The summed E-state index contributed by atoms with van der Waals surface area (Å²) >= 11 is 2.22. The molecule has 1 rings (SSSR count). The average Bonchev–Trinajstić information content (AvgIpc) is 2.50. The maximum absolute atomic E-state index is 11.6. The van der Waals surface area contributed by atoms with Crippen molar-refractivity contribution in [2.45, 2.75) is 0 Å². The van der Waals surface area contributed by atoms with Crippen LogP contribution in [0.1, 0.15) is 10.4 Å². The van der Waals surface area contributed by atoms with Crippen molar-refractivity contribution >= 4 is 34.3 Å². The van der Waals surface area contributed by atoms with Gasteiger partial charge >= 0.3 is 5.97 Å². The largest absolute Gasteiger partial charge is 0.457 e. The number of rotatable bonds is 10. The zero-order valence-corrected chi connectivity index (χ0v) is 13.2. The second-order valence-corrected chi connectivity index (χ2v) is 4.82. The number of esters is 1. The van der Waals surface area contributed by atoms with Crippen LogP contribution >= 0.6 is 22.6 Å². The summed E-state index contributed by atoms with van der Waals surface area (Å²) in [5.74, 6) is -1.50. The van der Waals surface area contributed by atoms with E-state index in [1.165, 1.54) is 0 Å². The Morgan fingerprint density at radius 2 is 1.50 bits per heavy atom. The van der Waals surface area contributed by atoms with Gasteiger partial charge in [0.1, 0.15) is 6.61 Å². The quantitative estimate of drug-likeness (QED) is 0.152. The Morgan fingerprint density at radius 1 is 0.900 bits per heavy atom. The molecule has 5 nitrogen and oxygen atoms in total. The summed E-state index contributed by atoms with van der Waals surface area (Å²) in [5.41, 5.74) is 0.325. The summed E-state index contributed by atoms with van der Waals surface area (Å²) in [6.45, 7) is 1.97. The van der Waals surface area contributed by atoms with Crippen molar-refractivity contribution in [3.05, 3.63) is 35.9 Å². The molecule has 1 aromatic rings. The van der Waals surface area contributed by atoms with Crippen LogP contribution in [0.25, 0.3) is 0 Å². The third kappa shape index (κ3) is 6.97. The molecule has 0 fully saturated rings. The third-order valence-electron chi connectivity index (χ3n) is 2.28. The molecule has 0 aliphatic carbocycles. The zero-order valence-electron chi connectivity index (χ0n) is 11.0. The lowest BCUT2D eigenvalue weighted by Crippen LogP contribution is -2.20. The predicted octanol–water partition coefficient (Wildman–Crippen LogP) is 1.88. The summed E-state index contributed by atoms with van der Waals surface area (Å²) in [6.07, 6.45) is 0. The first-order chi connectivity index (χ1) is 9.75. The van der Waals surface area contributed by atoms with Gasteiger partial charge in [-0.05, 0) is 0 Å². The Balaban J connectivity index is 2.10. The van der Waals surface area contributed by atoms with Crippen molar-refractivity contribution in [1.29, 1.82) is 0 Å². The van der Waals surface area contributed by atoms with Crippen molar-refractivity contribution in [2.75, 3.05) is 37.5 Å². The first-order valence-corrected chi connectivity index (χ1v) is 7.76. The molecule has 0 aliphatic heterocycles. The van der Waals surface area contributed by atoms with Crippen LogP contribution in [0, 0.1) is 0 Å². The highest BCUT2D eigenvalue weighted by Crippen LogP contribution is 2.01. The number of hydrogen-bond donors (Lipinski definition) is 0. The fourth-order valence-electron chi connectivity index (χ4n) is 1.34. The van der Waals surface area contributed by atoms with Crippen LogP contribution in [0.2, 0.25) is 0 Å². The molecule has 6 heteroatoms. The van der Waals surface area contributed by atoms with Gasteiger partial charge in [-0.15, -0.1) is 0 Å². The molecule has 0 N–H and O–H groups in total. The number of benzene rings is 1. The molecule has 0 heterocycles. The highest BCUT2D eigenvalue weighted by molar-refractivity contribution is 14.1. The Hall–Kier alpha value is -0.990. The molecule has 0 radical (unpaired) electrons. The average molecular weight is 392 g/mol. The standard InChI is InChI=1S/C14H17IO5/c15-6-7-18-8-9-19-10-11-20-14(17)13(16)12-4-2-1-3-5-12/h1-5H,6-11H2. The molecule has 0 unspecified atom stereocenters. The van der Waals surface area contributed by atoms with Gasteiger partial charge in [-0.3, -0.25) is 4.79 Å². The second-order valence-electron chi connectivity index (χ2n) is 3.74. The number of hydrogen-bond acceptors (Lipinski definition) is 5. The van der Waals surface area contributed by atoms with Crippen molar-refractivity contribution in [1.82, 2.24) is 0 Å². The molecule has 0 spiro atoms. The van der Waals surface area contributed by atoms with Gasteiger partial charge in [-0.25, -0.2) is 4.79 Å². The number of ketones is 1. The molecule has 0 saturated carbocycles. The SMILES string of the molecule is O=C(OCCOCCOCCI)C(=O)c1ccccc1. The molecule has 0 atom stereocenters. The van der Waals surface area contributed by atoms with Gasteiger partial charge in [0, 0.05) is 9.99 Å². The Morgan fingerprint density at radius 3 is 2.15 bits per heavy atom. The van der Waals surface area contributed by atoms with E-state index in [1.54, 1.807) is 30.3 Å². The van der Waals surface area contributed by atoms with Crippen molar-refractivity contribution in [3.63, 3.8) is 0 Å². The van der Waals surface area contributed by atoms with E-state index in [0.717, 1.165) is 4.43 Å². The molecule has 0 aromatic heterocycles. The molecular weight excluding hydrogens is 375 g/mol. The normalized spacial score (nSPS) is 10.2. The van der Waals surface area contributed by atoms with Gasteiger partial charge in [-0.1, -0.05) is 52.9 Å². The lowest BCUT2D eigenvalue weighted by atomic mass is 10.1. The van der Waals surface area contributed by atoms with E-state index in [4.69, 9.17) is 14.2 Å². The smallest absolute Gasteiger partial charge is 0.379 e. The van der Waals surface area contributed by atoms with E-state index in [0.29, 0.717) is 25.4 Å². The number of halogens is 1. The fourth-order valence-corrected chi connectivity index (χ4v) is 1.65. The van der Waals surface area contributed by atoms with Gasteiger partial charge in [0.05, 0.1) is 26.4 Å². The first kappa shape index (κ1) is 17.1. The second kappa shape index (κ2) is 10.8. The summed E-state index contributed by atoms with van der Waals surface area (Å²) in [4.78, 5) is 23.1. The van der Waals surface area contributed by atoms with Gasteiger partial charge in [0.25, 0.3) is 5.78 Å². The monoisotopic (exact) mass is 392 g/mol. The summed E-state index contributed by atoms with van der Waals surface area (Å²) in [7, 11) is 0. The minimum Gasteiger partial charge on any atom is -0.457 e. The summed E-state index contributed by atoms with van der Waals surface area (Å²) in [6, 6.07) is 8.31. The number of Topliss-reactive ketones (excluding diaryl/α,β-unsaturated/α-hetero) is 1. The van der Waals surface area contributed by atoms with Gasteiger partial charge in [0.2, 0.25) is 0 Å². The van der Waals surface area contributed by atoms with Crippen LogP contribution in [0.3, 0.4) is 0 Å². The van der Waals surface area contributed by atoms with Crippen LogP contribution in [-0.4, -0.2) is 49.2 Å². The minimum absolute atomic E-state index is 0.0592. The predicted molar refractivity (Wildman–Crippen MR) is 82.3 cm³/mol. The van der Waals surface area contributed by atoms with Gasteiger partial charge in [0.15, 0.2) is 0 Å². The van der Waals surface area contributed by atoms with E-state index < -0.39 is 11.8 Å². The molecule has 110 valence electrons. The van der Waals surface area contributed by atoms with Crippen LogP contribution in [0.15, 0.2) is 30.3 Å². The maximum Gasteiger partial charge on any atom is 0.379 e. The van der Waals surface area contributed by atoms with Gasteiger partial charge < -0.3 is 14.2 Å². The van der Waals surface area contributed by atoms with Crippen LogP contribution in [0.4, 0.5) is 0 Å². The van der Waals surface area contributed by atoms with Crippen LogP contribution < -0.4 is 0 Å². The minimum atomic E-state index is -0.860. The number of ether oxygens (including phenoxy) is 3. The first-order valence-electron chi connectivity index (χ1n) is 6.23. The lowest BCUT2D eigenvalue weighted by Gasteiger charge is -2.06. The van der Waals surface area contributed by atoms with E-state index in [-0.39, 0.29) is 13.2 Å². The molecule has 0 bridgehead atoms. The maximum atomic E-state index is 11.6. The molecule has 1 aromatic carbocycles. The lowest BCUT2D eigenvalue weighted by molar-refractivity contribution is -0.139. The number of carbonyl (C=O) groups is 2. The third-order valence-corrected chi connectivity index (χ3v) is 2.72. The van der Waals surface area contributed by atoms with E-state index in [9.17, 15) is 9.59 Å². The van der Waals surface area contributed by atoms with Crippen molar-refractivity contribution in [2.24, 2.45) is 0 Å². The summed E-state index contributed by atoms with van der Waals surface area (Å²) in [5, 5.41) is 0. The topological polar surface area (TPSA) is 61.8 Å². The van der Waals surface area contributed by atoms with Gasteiger partial charge in [-0.2, -0.15) is 0 Å². The molecular formula is C14H17IO5. The molecule has 0 aliphatic rings. The number of carbonyl (C=O) groups excluding carboxylic acids is 2. The van der Waals surface area contributed by atoms with Crippen LogP contribution in [0.5, 0.6) is 0 Å². The van der Waals surface area contributed by atoms with E-state index in [1.807, 2.05) is 0 Å². The molecule has 0 saturated heterocycles. The zero-order chi connectivity index (χ0) is 14.6. The highest BCUT2D eigenvalue weighted by atomic mass is 127. The van der Waals surface area contributed by atoms with E-state index in [2.05, 4.69) is 22.6 Å². The molecule has 0 amide bonds. The van der Waals surface area contributed by atoms with Crippen LogP contribution in [-0.2, 0) is 19.0 Å². The summed E-state index contributed by atoms with van der Waals surface area (Å²) < 4.78 is 16.2. The Labute approximate surface area is 131 Å². The fraction of sp³-hybridized carbons (Fsp3) is 0.429. The highest BCUT2D eigenvalue weighted by Gasteiger charge is 2.16. The molecule has 20 heavy (non-hydrogen) atoms. The Kier molecular flexibility index (Phi) is 9.18. The van der Waals surface area contributed by atoms with Crippen molar-refractivity contribution < 1.29 is 23.8 Å². The number of alkyl halides is 1.